The molecule has 0 spiro atoms. The molecule has 0 aliphatic heterocycles. The van der Waals surface area contributed by atoms with E-state index < -0.39 is 22.7 Å². The van der Waals surface area contributed by atoms with Crippen molar-refractivity contribution in [1.29, 1.82) is 5.26 Å². The van der Waals surface area contributed by atoms with Gasteiger partial charge in [0.2, 0.25) is 5.91 Å². The Morgan fingerprint density at radius 1 is 1.43 bits per heavy atom. The van der Waals surface area contributed by atoms with Gasteiger partial charge < -0.3 is 5.73 Å². The van der Waals surface area contributed by atoms with E-state index in [0.717, 1.165) is 17.0 Å². The number of nitrogens with two attached hydrogens (primary N) is 1. The van der Waals surface area contributed by atoms with Crippen LogP contribution in [0.15, 0.2) is 18.2 Å². The zero-order valence-electron chi connectivity index (χ0n) is 10.7. The molecule has 4 nitrogen and oxygen atoms in total. The molecule has 0 aromatic heterocycles. The van der Waals surface area contributed by atoms with Crippen molar-refractivity contribution in [2.75, 3.05) is 4.90 Å². The van der Waals surface area contributed by atoms with Crippen LogP contribution in [0, 0.1) is 17.4 Å². The molecule has 2 rings (SSSR count). The Labute approximate surface area is 123 Å². The van der Waals surface area contributed by atoms with Gasteiger partial charge in [-0.05, 0) is 31.0 Å². The lowest BCUT2D eigenvalue weighted by molar-refractivity contribution is -0.137. The topological polar surface area (TPSA) is 70.1 Å². The maximum Gasteiger partial charge on any atom is 0.417 e. The average Bonchev–Trinajstić information content (AvgIpc) is 2.32. The lowest BCUT2D eigenvalue weighted by Crippen LogP contribution is -2.47. The molecule has 0 radical (unpaired) electrons. The van der Waals surface area contributed by atoms with E-state index in [0.29, 0.717) is 12.8 Å². The predicted molar refractivity (Wildman–Crippen MR) is 70.3 cm³/mol. The fraction of sp³-hybridized carbons (Fsp3) is 0.385. The number of hydrogen-bond donors (Lipinski definition) is 1. The molecule has 0 heterocycles. The van der Waals surface area contributed by atoms with E-state index in [1.54, 1.807) is 0 Å². The molecule has 1 fully saturated rings. The van der Waals surface area contributed by atoms with Crippen molar-refractivity contribution in [3.63, 3.8) is 0 Å². The van der Waals surface area contributed by atoms with Gasteiger partial charge in [-0.2, -0.15) is 18.4 Å². The summed E-state index contributed by atoms with van der Waals surface area (Å²) in [4.78, 5) is 12.1. The van der Waals surface area contributed by atoms with Gasteiger partial charge in [-0.15, -0.1) is 0 Å². The number of benzene rings is 1. The second kappa shape index (κ2) is 5.45. The van der Waals surface area contributed by atoms with Gasteiger partial charge in [-0.1, -0.05) is 11.6 Å². The molecular formula is C13H11ClF3N3O. The summed E-state index contributed by atoms with van der Waals surface area (Å²) in [6.07, 6.45) is -2.04. The van der Waals surface area contributed by atoms with Gasteiger partial charge in [-0.3, -0.25) is 9.69 Å². The molecule has 1 aliphatic carbocycles. The van der Waals surface area contributed by atoms with Crippen molar-refractivity contribution in [3.8, 4) is 6.19 Å². The highest BCUT2D eigenvalue weighted by Gasteiger charge is 2.39. The van der Waals surface area contributed by atoms with Gasteiger partial charge in [0.15, 0.2) is 6.19 Å². The molecule has 8 heteroatoms. The normalized spacial score (nSPS) is 21.3. The zero-order valence-corrected chi connectivity index (χ0v) is 11.4. The number of hydrogen-bond acceptors (Lipinski definition) is 3. The summed E-state index contributed by atoms with van der Waals surface area (Å²) >= 11 is 5.54. The number of amides is 1. The maximum atomic E-state index is 12.8. The number of carbonyl (C=O) groups excluding carboxylic acids is 1. The first-order valence-electron chi connectivity index (χ1n) is 6.09. The van der Waals surface area contributed by atoms with Crippen LogP contribution in [0.3, 0.4) is 0 Å². The quantitative estimate of drug-likeness (QED) is 0.688. The van der Waals surface area contributed by atoms with Crippen LogP contribution in [0.1, 0.15) is 18.4 Å². The second-order valence-corrected chi connectivity index (χ2v) is 5.26. The summed E-state index contributed by atoms with van der Waals surface area (Å²) in [5, 5.41) is 8.72. The highest BCUT2D eigenvalue weighted by atomic mass is 35.5. The lowest BCUT2D eigenvalue weighted by atomic mass is 9.79. The van der Waals surface area contributed by atoms with Gasteiger partial charge in [-0.25, -0.2) is 0 Å². The van der Waals surface area contributed by atoms with Gasteiger partial charge in [0.05, 0.1) is 16.3 Å². The van der Waals surface area contributed by atoms with Crippen LogP contribution in [-0.4, -0.2) is 11.9 Å². The highest BCUT2D eigenvalue weighted by molar-refractivity contribution is 6.31. The third-order valence-corrected chi connectivity index (χ3v) is 3.85. The molecule has 1 saturated carbocycles. The molecular weight excluding hydrogens is 307 g/mol. The number of halogens is 4. The van der Waals surface area contributed by atoms with Crippen molar-refractivity contribution in [1.82, 2.24) is 0 Å². The van der Waals surface area contributed by atoms with Crippen molar-refractivity contribution >= 4 is 23.2 Å². The SMILES string of the molecule is N#CN(c1ccc(Cl)c(C(F)(F)F)c1)C1CC(C(N)=O)C1. The first-order chi connectivity index (χ1) is 9.74. The number of primary amides is 1. The number of rotatable bonds is 3. The van der Waals surface area contributed by atoms with Crippen LogP contribution < -0.4 is 10.6 Å². The van der Waals surface area contributed by atoms with Crippen molar-refractivity contribution in [2.24, 2.45) is 11.7 Å². The molecule has 0 unspecified atom stereocenters. The van der Waals surface area contributed by atoms with E-state index in [-0.39, 0.29) is 17.6 Å². The standard InChI is InChI=1S/C13H11ClF3N3O/c14-11-2-1-8(5-10(11)13(15,16)17)20(6-18)9-3-7(4-9)12(19)21/h1-2,5,7,9H,3-4H2,(H2,19,21). The summed E-state index contributed by atoms with van der Waals surface area (Å²) < 4.78 is 38.4. The molecule has 1 aliphatic rings. The van der Waals surface area contributed by atoms with Crippen LogP contribution in [0.5, 0.6) is 0 Å². The van der Waals surface area contributed by atoms with Crippen molar-refractivity contribution in [2.45, 2.75) is 25.1 Å². The van der Waals surface area contributed by atoms with Crippen LogP contribution in [0.4, 0.5) is 18.9 Å². The fourth-order valence-electron chi connectivity index (χ4n) is 2.26. The third kappa shape index (κ3) is 3.05. The van der Waals surface area contributed by atoms with E-state index in [1.165, 1.54) is 6.07 Å². The minimum atomic E-state index is -4.59. The lowest BCUT2D eigenvalue weighted by Gasteiger charge is -2.38. The number of nitrogens with zero attached hydrogens (tertiary/aromatic N) is 2. The zero-order chi connectivity index (χ0) is 15.8. The van der Waals surface area contributed by atoms with Gasteiger partial charge in [0.25, 0.3) is 0 Å². The average molecular weight is 318 g/mol. The van der Waals surface area contributed by atoms with Gasteiger partial charge >= 0.3 is 6.18 Å². The highest BCUT2D eigenvalue weighted by Crippen LogP contribution is 2.39. The number of nitriles is 1. The molecule has 0 saturated heterocycles. The summed E-state index contributed by atoms with van der Waals surface area (Å²) in [7, 11) is 0. The van der Waals surface area contributed by atoms with Crippen LogP contribution >= 0.6 is 11.6 Å². The van der Waals surface area contributed by atoms with Crippen molar-refractivity contribution in [3.05, 3.63) is 28.8 Å². The molecule has 1 aromatic carbocycles. The Morgan fingerprint density at radius 3 is 2.52 bits per heavy atom. The number of anilines is 1. The summed E-state index contributed by atoms with van der Waals surface area (Å²) in [5.74, 6) is -0.795. The first kappa shape index (κ1) is 15.4. The third-order valence-electron chi connectivity index (χ3n) is 3.52. The Kier molecular flexibility index (Phi) is 4.01. The van der Waals surface area contributed by atoms with E-state index >= 15 is 0 Å². The van der Waals surface area contributed by atoms with Crippen LogP contribution in [0.2, 0.25) is 5.02 Å². The Morgan fingerprint density at radius 2 is 2.05 bits per heavy atom. The van der Waals surface area contributed by atoms with E-state index in [2.05, 4.69) is 0 Å². The largest absolute Gasteiger partial charge is 0.417 e. The Bertz CT molecular complexity index is 606. The number of carbonyl (C=O) groups is 1. The van der Waals surface area contributed by atoms with E-state index in [9.17, 15) is 18.0 Å². The summed E-state index contributed by atoms with van der Waals surface area (Å²) in [6, 6.07) is 2.96. The van der Waals surface area contributed by atoms with Crippen molar-refractivity contribution < 1.29 is 18.0 Å². The smallest absolute Gasteiger partial charge is 0.369 e. The summed E-state index contributed by atoms with van der Waals surface area (Å²) in [5.41, 5.74) is 4.24. The molecule has 1 amide bonds. The maximum absolute atomic E-state index is 12.8. The Hall–Kier alpha value is -1.94. The first-order valence-corrected chi connectivity index (χ1v) is 6.47. The van der Waals surface area contributed by atoms with Crippen LogP contribution in [-0.2, 0) is 11.0 Å². The predicted octanol–water partition coefficient (Wildman–Crippen LogP) is 2.91. The molecule has 1 aromatic rings. The minimum absolute atomic E-state index is 0.0992. The van der Waals surface area contributed by atoms with E-state index in [4.69, 9.17) is 22.6 Å². The molecule has 112 valence electrons. The Balaban J connectivity index is 2.25. The van der Waals surface area contributed by atoms with Crippen LogP contribution in [0.25, 0.3) is 0 Å². The number of alkyl halides is 3. The van der Waals surface area contributed by atoms with E-state index in [1.807, 2.05) is 6.19 Å². The van der Waals surface area contributed by atoms with Gasteiger partial charge in [0.1, 0.15) is 0 Å². The summed E-state index contributed by atoms with van der Waals surface area (Å²) in [6.45, 7) is 0. The molecule has 2 N–H and O–H groups in total. The second-order valence-electron chi connectivity index (χ2n) is 4.86. The fourth-order valence-corrected chi connectivity index (χ4v) is 2.49. The monoisotopic (exact) mass is 317 g/mol. The minimum Gasteiger partial charge on any atom is -0.369 e. The molecule has 0 atom stereocenters. The molecule has 0 bridgehead atoms. The molecule has 21 heavy (non-hydrogen) atoms. The van der Waals surface area contributed by atoms with Gasteiger partial charge in [0, 0.05) is 12.0 Å².